The Bertz CT molecular complexity index is 544. The van der Waals surface area contributed by atoms with Gasteiger partial charge in [0.25, 0.3) is 0 Å². The van der Waals surface area contributed by atoms with Crippen LogP contribution in [0.25, 0.3) is 0 Å². The average Bonchev–Trinajstić information content (AvgIpc) is 2.66. The quantitative estimate of drug-likeness (QED) is 0.526. The zero-order valence-electron chi connectivity index (χ0n) is 16.6. The molecule has 0 radical (unpaired) electrons. The number of hydrogen-bond acceptors (Lipinski definition) is 0. The van der Waals surface area contributed by atoms with Crippen molar-refractivity contribution >= 4 is 10.1 Å². The molecule has 1 rings (SSSR count). The van der Waals surface area contributed by atoms with Gasteiger partial charge < -0.3 is 0 Å². The fraction of sp³-hybridized carbons (Fsp3) is 0.842. The molecule has 0 fully saturated rings. The minimum atomic E-state index is 0.0237. The van der Waals surface area contributed by atoms with Crippen LogP contribution in [0.1, 0.15) is 82.1 Å². The molecule has 0 saturated carbocycles. The topological polar surface area (TPSA) is 9.86 Å². The van der Waals surface area contributed by atoms with E-state index < -0.39 is 0 Å². The maximum absolute atomic E-state index is 6.30. The summed E-state index contributed by atoms with van der Waals surface area (Å²) in [7, 11) is 6.30. The number of aromatic nitrogens is 2. The summed E-state index contributed by atoms with van der Waals surface area (Å²) in [5.41, 5.74) is 0.588. The molecule has 0 atom stereocenters. The standard InChI is InChI=1S/C19H36N2.ClH.Cu/c1-16(2,3)13-18(7,8)20-11-12-21(15-20)19(9,10)14-17(4,5)6;;/h11-12H,13-14H2,1-10H3;1H;/q;;-1/p-1. The molecule has 4 heteroatoms. The van der Waals surface area contributed by atoms with Crippen molar-refractivity contribution in [1.82, 2.24) is 9.13 Å². The Hall–Kier alpha value is 0.0195. The molecule has 1 heterocycles. The number of imidazole rings is 1. The zero-order valence-corrected chi connectivity index (χ0v) is 18.3. The molecule has 142 valence electrons. The fourth-order valence-electron chi connectivity index (χ4n) is 4.04. The molecule has 23 heavy (non-hydrogen) atoms. The summed E-state index contributed by atoms with van der Waals surface area (Å²) in [5.74, 6) is 0. The van der Waals surface area contributed by atoms with Gasteiger partial charge in [-0.25, -0.2) is 0 Å². The van der Waals surface area contributed by atoms with E-state index in [1.54, 1.807) is 0 Å². The summed E-state index contributed by atoms with van der Waals surface area (Å²) in [6, 6.07) is 0. The first kappa shape index (κ1) is 21.1. The van der Waals surface area contributed by atoms with Crippen LogP contribution in [-0.4, -0.2) is 9.13 Å². The minimum absolute atomic E-state index is 0.0237. The predicted molar refractivity (Wildman–Crippen MR) is 98.3 cm³/mol. The molecule has 2 nitrogen and oxygen atoms in total. The van der Waals surface area contributed by atoms with E-state index in [0.29, 0.717) is 0 Å². The van der Waals surface area contributed by atoms with Gasteiger partial charge >= 0.3 is 154 Å². The molecule has 0 spiro atoms. The fourth-order valence-corrected chi connectivity index (χ4v) is 5.37. The van der Waals surface area contributed by atoms with E-state index in [1.807, 2.05) is 0 Å². The molecule has 1 aromatic rings. The molecular weight excluding hydrogens is 355 g/mol. The monoisotopic (exact) mass is 390 g/mol. The third-order valence-corrected chi connectivity index (χ3v) is 5.04. The van der Waals surface area contributed by atoms with Crippen molar-refractivity contribution in [3.05, 3.63) is 16.7 Å². The summed E-state index contributed by atoms with van der Waals surface area (Å²) >= 11 is 1.43. The van der Waals surface area contributed by atoms with E-state index in [-0.39, 0.29) is 21.9 Å². The summed E-state index contributed by atoms with van der Waals surface area (Å²) < 4.78 is 5.80. The van der Waals surface area contributed by atoms with E-state index >= 15 is 0 Å². The molecule has 0 aliphatic rings. The Morgan fingerprint density at radius 2 is 1.04 bits per heavy atom. The maximum atomic E-state index is 6.30. The molecular formula is C19H36ClCuN2-2. The Morgan fingerprint density at radius 1 is 0.739 bits per heavy atom. The van der Waals surface area contributed by atoms with Crippen LogP contribution in [-0.2, 0) is 24.7 Å². The Morgan fingerprint density at radius 3 is 1.26 bits per heavy atom. The summed E-state index contributed by atoms with van der Waals surface area (Å²) in [6.07, 6.45) is 6.57. The van der Waals surface area contributed by atoms with E-state index in [4.69, 9.17) is 10.1 Å². The van der Waals surface area contributed by atoms with Crippen LogP contribution in [0.2, 0.25) is 0 Å². The van der Waals surface area contributed by atoms with Crippen LogP contribution in [0, 0.1) is 15.2 Å². The van der Waals surface area contributed by atoms with Gasteiger partial charge in [0, 0.05) is 0 Å². The van der Waals surface area contributed by atoms with Gasteiger partial charge in [0.15, 0.2) is 0 Å². The summed E-state index contributed by atoms with van der Waals surface area (Å²) in [6.45, 7) is 23.0. The second kappa shape index (κ2) is 6.73. The van der Waals surface area contributed by atoms with Crippen LogP contribution >= 0.6 is 10.1 Å². The normalized spacial score (nSPS) is 14.6. The molecule has 0 aliphatic heterocycles. The van der Waals surface area contributed by atoms with E-state index in [1.165, 1.54) is 13.6 Å². The summed E-state index contributed by atoms with van der Waals surface area (Å²) in [5, 5.41) is 0. The van der Waals surface area contributed by atoms with Crippen LogP contribution in [0.15, 0.2) is 12.4 Å². The van der Waals surface area contributed by atoms with Crippen molar-refractivity contribution in [2.45, 2.75) is 93.2 Å². The third kappa shape index (κ3) is 5.80. The van der Waals surface area contributed by atoms with Crippen molar-refractivity contribution < 1.29 is 13.6 Å². The molecule has 0 bridgehead atoms. The van der Waals surface area contributed by atoms with Gasteiger partial charge in [0.05, 0.1) is 0 Å². The number of hydrogen-bond donors (Lipinski definition) is 0. The van der Waals surface area contributed by atoms with Gasteiger partial charge in [-0.1, -0.05) is 0 Å². The Labute approximate surface area is 153 Å². The molecule has 0 N–H and O–H groups in total. The van der Waals surface area contributed by atoms with Gasteiger partial charge in [-0.2, -0.15) is 0 Å². The van der Waals surface area contributed by atoms with E-state index in [2.05, 4.69) is 90.8 Å². The zero-order chi connectivity index (χ0) is 18.3. The second-order valence-electron chi connectivity index (χ2n) is 10.4. The van der Waals surface area contributed by atoms with Crippen molar-refractivity contribution in [2.75, 3.05) is 0 Å². The van der Waals surface area contributed by atoms with E-state index in [0.717, 1.165) is 17.2 Å². The third-order valence-electron chi connectivity index (χ3n) is 4.01. The molecule has 0 unspecified atom stereocenters. The van der Waals surface area contributed by atoms with Gasteiger partial charge in [-0.3, -0.25) is 0 Å². The van der Waals surface area contributed by atoms with Gasteiger partial charge in [0.2, 0.25) is 0 Å². The van der Waals surface area contributed by atoms with Crippen LogP contribution in [0.5, 0.6) is 0 Å². The first-order valence-corrected chi connectivity index (χ1v) is 10.2. The molecule has 0 aliphatic carbocycles. The molecule has 1 aromatic heterocycles. The Kier molecular flexibility index (Phi) is 6.16. The van der Waals surface area contributed by atoms with E-state index in [9.17, 15) is 0 Å². The SMILES string of the molecule is CC(C)(C)CC(C)(C)n1ccn(C(C)(C)CC(C)(C)C)[c]1=[Cu-2][Cl]. The Balaban J connectivity index is 3.36. The van der Waals surface area contributed by atoms with Crippen molar-refractivity contribution in [3.8, 4) is 0 Å². The molecule has 0 aromatic carbocycles. The first-order chi connectivity index (χ1) is 10.1. The summed E-state index contributed by atoms with van der Waals surface area (Å²) in [4.78, 5) is 0. The van der Waals surface area contributed by atoms with Crippen molar-refractivity contribution in [1.29, 1.82) is 0 Å². The molecule has 0 amide bonds. The van der Waals surface area contributed by atoms with Crippen molar-refractivity contribution in [3.63, 3.8) is 0 Å². The first-order valence-electron chi connectivity index (χ1n) is 8.42. The predicted octanol–water partition coefficient (Wildman–Crippen LogP) is 6.40. The van der Waals surface area contributed by atoms with Crippen LogP contribution < -0.4 is 0 Å². The van der Waals surface area contributed by atoms with Crippen LogP contribution in [0.3, 0.4) is 0 Å². The van der Waals surface area contributed by atoms with Gasteiger partial charge in [0.1, 0.15) is 0 Å². The average molecular weight is 392 g/mol. The number of halogens is 1. The number of nitrogens with zero attached hydrogens (tertiary/aromatic N) is 2. The number of rotatable bonds is 4. The van der Waals surface area contributed by atoms with Crippen LogP contribution in [0.4, 0.5) is 0 Å². The van der Waals surface area contributed by atoms with Crippen molar-refractivity contribution in [2.24, 2.45) is 10.8 Å². The van der Waals surface area contributed by atoms with Gasteiger partial charge in [-0.05, 0) is 0 Å². The van der Waals surface area contributed by atoms with Gasteiger partial charge in [-0.15, -0.1) is 0 Å². The second-order valence-corrected chi connectivity index (χ2v) is 11.5. The molecule has 0 saturated heterocycles.